The van der Waals surface area contributed by atoms with Gasteiger partial charge in [0.15, 0.2) is 0 Å². The highest BCUT2D eigenvalue weighted by Crippen LogP contribution is 2.35. The van der Waals surface area contributed by atoms with Crippen molar-refractivity contribution in [3.8, 4) is 17.1 Å². The average molecular weight is 354 g/mol. The molecule has 136 valence electrons. The van der Waals surface area contributed by atoms with Gasteiger partial charge in [0.05, 0.1) is 5.69 Å². The van der Waals surface area contributed by atoms with Crippen LogP contribution in [0.1, 0.15) is 50.7 Å². The molecule has 0 amide bonds. The number of hydrogen-bond donors (Lipinski definition) is 0. The molecule has 0 saturated heterocycles. The van der Waals surface area contributed by atoms with Gasteiger partial charge < -0.3 is 0 Å². The fraction of sp³-hybridized carbons (Fsp3) is 0.240. The molecule has 1 heterocycles. The molecule has 4 rings (SSSR count). The number of nitrogens with zero attached hydrogens (tertiary/aromatic N) is 2. The summed E-state index contributed by atoms with van der Waals surface area (Å²) in [6.45, 7) is 9.05. The quantitative estimate of drug-likeness (QED) is 0.388. The van der Waals surface area contributed by atoms with Crippen LogP contribution >= 0.6 is 0 Å². The summed E-state index contributed by atoms with van der Waals surface area (Å²) < 4.78 is 2.28. The Hall–Kier alpha value is -2.87. The maximum Gasteiger partial charge on any atom is 0.145 e. The van der Waals surface area contributed by atoms with E-state index in [-0.39, 0.29) is 0 Å². The Kier molecular flexibility index (Phi) is 4.57. The lowest BCUT2D eigenvalue weighted by atomic mass is 9.92. The second-order valence-corrected chi connectivity index (χ2v) is 7.74. The second kappa shape index (κ2) is 7.03. The summed E-state index contributed by atoms with van der Waals surface area (Å²) >= 11 is 0. The topological polar surface area (TPSA) is 17.8 Å². The Labute approximate surface area is 161 Å². The van der Waals surface area contributed by atoms with Crippen molar-refractivity contribution in [1.82, 2.24) is 9.55 Å². The fourth-order valence-corrected chi connectivity index (χ4v) is 3.89. The van der Waals surface area contributed by atoms with Crippen LogP contribution in [0.2, 0.25) is 0 Å². The van der Waals surface area contributed by atoms with Crippen LogP contribution in [0, 0.1) is 0 Å². The number of para-hydroxylation sites is 1. The minimum Gasteiger partial charge on any atom is -0.299 e. The fourth-order valence-electron chi connectivity index (χ4n) is 3.89. The number of hydrogen-bond acceptors (Lipinski definition) is 1. The largest absolute Gasteiger partial charge is 0.299 e. The van der Waals surface area contributed by atoms with Crippen molar-refractivity contribution in [2.75, 3.05) is 0 Å². The van der Waals surface area contributed by atoms with Gasteiger partial charge in [-0.1, -0.05) is 88.4 Å². The average Bonchev–Trinajstić information content (AvgIpc) is 3.16. The number of imidazole rings is 1. The minimum absolute atomic E-state index is 0.446. The van der Waals surface area contributed by atoms with Gasteiger partial charge in [0.1, 0.15) is 5.82 Å². The smallest absolute Gasteiger partial charge is 0.145 e. The third-order valence-corrected chi connectivity index (χ3v) is 5.25. The van der Waals surface area contributed by atoms with Gasteiger partial charge in [-0.2, -0.15) is 0 Å². The van der Waals surface area contributed by atoms with E-state index >= 15 is 0 Å². The highest BCUT2D eigenvalue weighted by molar-refractivity contribution is 5.95. The van der Waals surface area contributed by atoms with E-state index in [0.29, 0.717) is 11.8 Å². The molecule has 2 nitrogen and oxygen atoms in total. The van der Waals surface area contributed by atoms with E-state index in [2.05, 4.69) is 99.1 Å². The summed E-state index contributed by atoms with van der Waals surface area (Å²) in [6.07, 6.45) is 4.02. The molecule has 4 aromatic rings. The van der Waals surface area contributed by atoms with Gasteiger partial charge in [-0.05, 0) is 33.7 Å². The van der Waals surface area contributed by atoms with Gasteiger partial charge in [0, 0.05) is 18.0 Å². The number of benzene rings is 3. The van der Waals surface area contributed by atoms with Crippen LogP contribution in [-0.2, 0) is 0 Å². The van der Waals surface area contributed by atoms with E-state index < -0.39 is 0 Å². The van der Waals surface area contributed by atoms with E-state index in [9.17, 15) is 0 Å². The van der Waals surface area contributed by atoms with E-state index in [0.717, 1.165) is 5.82 Å². The predicted molar refractivity (Wildman–Crippen MR) is 115 cm³/mol. The maximum atomic E-state index is 4.78. The van der Waals surface area contributed by atoms with E-state index in [4.69, 9.17) is 4.98 Å². The molecular formula is C25H26N2. The lowest BCUT2D eigenvalue weighted by Gasteiger charge is -2.22. The first-order valence-corrected chi connectivity index (χ1v) is 9.72. The lowest BCUT2D eigenvalue weighted by molar-refractivity contribution is 0.807. The molecule has 0 fully saturated rings. The minimum atomic E-state index is 0.446. The van der Waals surface area contributed by atoms with Gasteiger partial charge in [-0.25, -0.2) is 4.98 Å². The molecule has 0 saturated carbocycles. The Morgan fingerprint density at radius 2 is 1.37 bits per heavy atom. The van der Waals surface area contributed by atoms with Crippen molar-refractivity contribution in [3.63, 3.8) is 0 Å². The normalized spacial score (nSPS) is 11.6. The van der Waals surface area contributed by atoms with Crippen molar-refractivity contribution < 1.29 is 0 Å². The van der Waals surface area contributed by atoms with Crippen LogP contribution < -0.4 is 0 Å². The SMILES string of the molecule is CC(C)c1cccc(C(C)C)c1-n1ccnc1-c1cccc2ccccc12. The molecule has 0 aliphatic rings. The van der Waals surface area contributed by atoms with Gasteiger partial charge in [-0.3, -0.25) is 4.57 Å². The van der Waals surface area contributed by atoms with Crippen LogP contribution in [0.5, 0.6) is 0 Å². The van der Waals surface area contributed by atoms with E-state index in [1.54, 1.807) is 0 Å². The molecule has 0 aliphatic heterocycles. The zero-order valence-electron chi connectivity index (χ0n) is 16.5. The van der Waals surface area contributed by atoms with Crippen LogP contribution in [0.15, 0.2) is 73.1 Å². The van der Waals surface area contributed by atoms with E-state index in [1.165, 1.54) is 33.2 Å². The summed E-state index contributed by atoms with van der Waals surface area (Å²) in [6, 6.07) is 21.7. The Bertz CT molecular complexity index is 1050. The summed E-state index contributed by atoms with van der Waals surface area (Å²) in [4.78, 5) is 4.78. The van der Waals surface area contributed by atoms with E-state index in [1.807, 2.05) is 6.20 Å². The highest BCUT2D eigenvalue weighted by Gasteiger charge is 2.19. The van der Waals surface area contributed by atoms with Gasteiger partial charge in [0.25, 0.3) is 0 Å². The first-order chi connectivity index (χ1) is 13.1. The molecule has 0 unspecified atom stereocenters. The van der Waals surface area contributed by atoms with Crippen LogP contribution in [0.25, 0.3) is 27.8 Å². The predicted octanol–water partition coefficient (Wildman–Crippen LogP) is 6.94. The third-order valence-electron chi connectivity index (χ3n) is 5.25. The number of rotatable bonds is 4. The maximum absolute atomic E-state index is 4.78. The number of fused-ring (bicyclic) bond motifs is 1. The molecule has 2 heteroatoms. The molecule has 3 aromatic carbocycles. The monoisotopic (exact) mass is 354 g/mol. The van der Waals surface area contributed by atoms with Gasteiger partial charge >= 0.3 is 0 Å². The zero-order valence-corrected chi connectivity index (χ0v) is 16.5. The van der Waals surface area contributed by atoms with Crippen molar-refractivity contribution in [3.05, 3.63) is 84.2 Å². The Balaban J connectivity index is 2.01. The molecule has 0 atom stereocenters. The molecule has 0 N–H and O–H groups in total. The molecule has 0 spiro atoms. The summed E-state index contributed by atoms with van der Waals surface area (Å²) in [5.74, 6) is 1.89. The van der Waals surface area contributed by atoms with Crippen LogP contribution in [0.4, 0.5) is 0 Å². The number of aromatic nitrogens is 2. The van der Waals surface area contributed by atoms with Crippen molar-refractivity contribution in [1.29, 1.82) is 0 Å². The second-order valence-electron chi connectivity index (χ2n) is 7.74. The lowest BCUT2D eigenvalue weighted by Crippen LogP contribution is -2.07. The van der Waals surface area contributed by atoms with Gasteiger partial charge in [-0.15, -0.1) is 0 Å². The Morgan fingerprint density at radius 1 is 0.741 bits per heavy atom. The van der Waals surface area contributed by atoms with Crippen molar-refractivity contribution >= 4 is 10.8 Å². The molecule has 1 aromatic heterocycles. The third kappa shape index (κ3) is 3.06. The summed E-state index contributed by atoms with van der Waals surface area (Å²) in [7, 11) is 0. The van der Waals surface area contributed by atoms with Crippen molar-refractivity contribution in [2.45, 2.75) is 39.5 Å². The zero-order chi connectivity index (χ0) is 19.0. The standard InChI is InChI=1S/C25H26N2/c1-17(2)20-12-8-13-21(18(3)4)24(20)27-16-15-26-25(27)23-14-7-10-19-9-5-6-11-22(19)23/h5-18H,1-4H3. The summed E-state index contributed by atoms with van der Waals surface area (Å²) in [5, 5.41) is 2.48. The first kappa shape index (κ1) is 17.5. The molecule has 0 bridgehead atoms. The molecular weight excluding hydrogens is 328 g/mol. The van der Waals surface area contributed by atoms with Crippen LogP contribution in [0.3, 0.4) is 0 Å². The highest BCUT2D eigenvalue weighted by atomic mass is 15.1. The first-order valence-electron chi connectivity index (χ1n) is 9.72. The van der Waals surface area contributed by atoms with Crippen LogP contribution in [-0.4, -0.2) is 9.55 Å². The molecule has 0 aliphatic carbocycles. The molecule has 27 heavy (non-hydrogen) atoms. The summed E-state index contributed by atoms with van der Waals surface area (Å²) in [5.41, 5.74) is 5.18. The Morgan fingerprint density at radius 3 is 2.07 bits per heavy atom. The van der Waals surface area contributed by atoms with Crippen molar-refractivity contribution in [2.24, 2.45) is 0 Å². The molecule has 0 radical (unpaired) electrons. The van der Waals surface area contributed by atoms with Gasteiger partial charge in [0.2, 0.25) is 0 Å².